The van der Waals surface area contributed by atoms with E-state index in [2.05, 4.69) is 13.8 Å². The number of hydrogen-bond donors (Lipinski definition) is 0. The van der Waals surface area contributed by atoms with Crippen LogP contribution in [-0.4, -0.2) is 38.3 Å². The van der Waals surface area contributed by atoms with Gasteiger partial charge in [0.1, 0.15) is 5.92 Å². The van der Waals surface area contributed by atoms with Crippen LogP contribution in [0.3, 0.4) is 0 Å². The van der Waals surface area contributed by atoms with Crippen LogP contribution in [0.25, 0.3) is 0 Å². The van der Waals surface area contributed by atoms with E-state index in [0.717, 1.165) is 17.7 Å². The van der Waals surface area contributed by atoms with Crippen LogP contribution >= 0.6 is 0 Å². The lowest BCUT2D eigenvalue weighted by Gasteiger charge is -2.39. The molecule has 6 heteroatoms. The summed E-state index contributed by atoms with van der Waals surface area (Å²) in [5.41, 5.74) is 2.76. The second-order valence-corrected chi connectivity index (χ2v) is 8.79. The van der Waals surface area contributed by atoms with E-state index in [-0.39, 0.29) is 17.2 Å². The number of hydrogen-bond acceptors (Lipinski definition) is 6. The molecule has 0 aromatic heterocycles. The van der Waals surface area contributed by atoms with Crippen LogP contribution in [0.1, 0.15) is 58.4 Å². The van der Waals surface area contributed by atoms with E-state index in [1.807, 2.05) is 26.0 Å². The third-order valence-electron chi connectivity index (χ3n) is 5.77. The Morgan fingerprint density at radius 1 is 1.17 bits per heavy atom. The van der Waals surface area contributed by atoms with E-state index in [0.29, 0.717) is 42.2 Å². The van der Waals surface area contributed by atoms with Crippen molar-refractivity contribution in [2.45, 2.75) is 52.9 Å². The van der Waals surface area contributed by atoms with Gasteiger partial charge in [0.2, 0.25) is 0 Å². The molecule has 0 N–H and O–H groups in total. The lowest BCUT2D eigenvalue weighted by molar-refractivity contribution is -0.146. The van der Waals surface area contributed by atoms with Gasteiger partial charge >= 0.3 is 5.97 Å². The lowest BCUT2D eigenvalue weighted by Crippen LogP contribution is -2.39. The molecule has 2 atom stereocenters. The lowest BCUT2D eigenvalue weighted by atomic mass is 9.67. The van der Waals surface area contributed by atoms with Gasteiger partial charge in [0, 0.05) is 29.3 Å². The van der Waals surface area contributed by atoms with E-state index in [1.165, 1.54) is 0 Å². The zero-order valence-electron chi connectivity index (χ0n) is 18.7. The summed E-state index contributed by atoms with van der Waals surface area (Å²) in [5.74, 6) is -0.240. The molecule has 0 bridgehead atoms. The molecule has 2 aliphatic rings. The minimum atomic E-state index is -0.640. The minimum Gasteiger partial charge on any atom is -0.493 e. The number of ether oxygens (including phenoxy) is 3. The van der Waals surface area contributed by atoms with Gasteiger partial charge < -0.3 is 14.2 Å². The van der Waals surface area contributed by atoms with Crippen LogP contribution in [0, 0.1) is 11.3 Å². The van der Waals surface area contributed by atoms with E-state index in [4.69, 9.17) is 19.2 Å². The van der Waals surface area contributed by atoms with Crippen LogP contribution in [-0.2, 0) is 14.3 Å². The van der Waals surface area contributed by atoms with Gasteiger partial charge in [-0.3, -0.25) is 14.6 Å². The fourth-order valence-electron chi connectivity index (χ4n) is 4.45. The number of rotatable bonds is 6. The first kappa shape index (κ1) is 22.1. The minimum absolute atomic E-state index is 0.0468. The SMILES string of the molecule is CCCOC(=O)C1C(C)=NC2=C(C(=O)CC(C)(C)C2)[C@@H]1c1ccc(OC)c(OC)c1. The first-order valence-electron chi connectivity index (χ1n) is 10.4. The summed E-state index contributed by atoms with van der Waals surface area (Å²) in [7, 11) is 3.15. The Bertz CT molecular complexity index is 912. The van der Waals surface area contributed by atoms with Crippen molar-refractivity contribution < 1.29 is 23.8 Å². The number of Topliss-reactive ketones (excluding diaryl/α,β-unsaturated/α-hetero) is 1. The highest BCUT2D eigenvalue weighted by Gasteiger charge is 2.46. The largest absolute Gasteiger partial charge is 0.493 e. The Labute approximate surface area is 178 Å². The van der Waals surface area contributed by atoms with Crippen molar-refractivity contribution in [3.63, 3.8) is 0 Å². The van der Waals surface area contributed by atoms with Crippen LogP contribution in [0.5, 0.6) is 11.5 Å². The number of ketones is 1. The zero-order valence-corrected chi connectivity index (χ0v) is 18.7. The third-order valence-corrected chi connectivity index (χ3v) is 5.77. The molecule has 1 aromatic carbocycles. The quantitative estimate of drug-likeness (QED) is 0.643. The number of carbonyl (C=O) groups is 2. The Morgan fingerprint density at radius 3 is 2.50 bits per heavy atom. The summed E-state index contributed by atoms with van der Waals surface area (Å²) in [5, 5.41) is 0. The second-order valence-electron chi connectivity index (χ2n) is 8.79. The molecule has 162 valence electrons. The summed E-state index contributed by atoms with van der Waals surface area (Å²) in [6, 6.07) is 5.55. The van der Waals surface area contributed by atoms with Crippen LogP contribution in [0.4, 0.5) is 0 Å². The molecule has 1 aromatic rings. The van der Waals surface area contributed by atoms with E-state index in [9.17, 15) is 9.59 Å². The summed E-state index contributed by atoms with van der Waals surface area (Å²) in [6.07, 6.45) is 1.86. The van der Waals surface area contributed by atoms with Crippen molar-refractivity contribution >= 4 is 17.5 Å². The van der Waals surface area contributed by atoms with Crippen LogP contribution < -0.4 is 9.47 Å². The molecule has 1 aliphatic carbocycles. The summed E-state index contributed by atoms with van der Waals surface area (Å²) < 4.78 is 16.3. The number of benzene rings is 1. The number of nitrogens with zero attached hydrogens (tertiary/aromatic N) is 1. The van der Waals surface area contributed by atoms with Gasteiger partial charge in [0.15, 0.2) is 17.3 Å². The number of carbonyl (C=O) groups excluding carboxylic acids is 2. The summed E-state index contributed by atoms with van der Waals surface area (Å²) >= 11 is 0. The molecular formula is C24H31NO5. The highest BCUT2D eigenvalue weighted by molar-refractivity contribution is 6.09. The van der Waals surface area contributed by atoms with Crippen molar-refractivity contribution in [1.29, 1.82) is 0 Å². The number of methoxy groups -OCH3 is 2. The van der Waals surface area contributed by atoms with Gasteiger partial charge in [-0.05, 0) is 42.9 Å². The Hall–Kier alpha value is -2.63. The fourth-order valence-corrected chi connectivity index (χ4v) is 4.45. The monoisotopic (exact) mass is 413 g/mol. The predicted octanol–water partition coefficient (Wildman–Crippen LogP) is 4.47. The molecule has 1 unspecified atom stereocenters. The number of aliphatic imine (C=N–C) groups is 1. The highest BCUT2D eigenvalue weighted by atomic mass is 16.5. The van der Waals surface area contributed by atoms with E-state index < -0.39 is 11.8 Å². The smallest absolute Gasteiger partial charge is 0.315 e. The average molecular weight is 414 g/mol. The first-order chi connectivity index (χ1) is 14.2. The molecule has 1 heterocycles. The number of allylic oxidation sites excluding steroid dienone is 2. The van der Waals surface area contributed by atoms with Crippen molar-refractivity contribution in [1.82, 2.24) is 0 Å². The van der Waals surface area contributed by atoms with Gasteiger partial charge in [-0.1, -0.05) is 26.8 Å². The molecule has 3 rings (SSSR count). The summed E-state index contributed by atoms with van der Waals surface area (Å²) in [4.78, 5) is 31.0. The molecule has 0 saturated heterocycles. The predicted molar refractivity (Wildman–Crippen MR) is 115 cm³/mol. The van der Waals surface area contributed by atoms with Gasteiger partial charge in [-0.25, -0.2) is 0 Å². The maximum absolute atomic E-state index is 13.3. The van der Waals surface area contributed by atoms with E-state index >= 15 is 0 Å². The molecule has 0 saturated carbocycles. The molecule has 0 amide bonds. The van der Waals surface area contributed by atoms with Crippen molar-refractivity contribution in [2.24, 2.45) is 16.3 Å². The Morgan fingerprint density at radius 2 is 1.87 bits per heavy atom. The summed E-state index contributed by atoms with van der Waals surface area (Å²) in [6.45, 7) is 8.29. The van der Waals surface area contributed by atoms with Crippen LogP contribution in [0.2, 0.25) is 0 Å². The molecule has 0 spiro atoms. The fraction of sp³-hybridized carbons (Fsp3) is 0.542. The normalized spacial score (nSPS) is 22.9. The Kier molecular flexibility index (Phi) is 6.34. The van der Waals surface area contributed by atoms with Crippen LogP contribution in [0.15, 0.2) is 34.5 Å². The maximum Gasteiger partial charge on any atom is 0.315 e. The van der Waals surface area contributed by atoms with Gasteiger partial charge in [-0.2, -0.15) is 0 Å². The van der Waals surface area contributed by atoms with Gasteiger partial charge in [-0.15, -0.1) is 0 Å². The van der Waals surface area contributed by atoms with Gasteiger partial charge in [0.05, 0.1) is 20.8 Å². The van der Waals surface area contributed by atoms with Gasteiger partial charge in [0.25, 0.3) is 0 Å². The van der Waals surface area contributed by atoms with Crippen molar-refractivity contribution in [2.75, 3.05) is 20.8 Å². The van der Waals surface area contributed by atoms with Crippen molar-refractivity contribution in [3.05, 3.63) is 35.0 Å². The molecule has 30 heavy (non-hydrogen) atoms. The third kappa shape index (κ3) is 4.13. The van der Waals surface area contributed by atoms with Crippen molar-refractivity contribution in [3.8, 4) is 11.5 Å². The Balaban J connectivity index is 2.16. The average Bonchev–Trinajstić information content (AvgIpc) is 2.69. The molecule has 0 radical (unpaired) electrons. The standard InChI is InChI=1S/C24H31NO5/c1-7-10-30-23(27)20-14(2)25-16-12-24(3,4)13-17(26)22(16)21(20)15-8-9-18(28-5)19(11-15)29-6/h8-9,11,20-21H,7,10,12-13H2,1-6H3/t20?,21-/m1/s1. The molecule has 1 aliphatic heterocycles. The zero-order chi connectivity index (χ0) is 22.1. The topological polar surface area (TPSA) is 74.2 Å². The highest BCUT2D eigenvalue weighted by Crippen LogP contribution is 2.48. The first-order valence-corrected chi connectivity index (χ1v) is 10.4. The molecular weight excluding hydrogens is 382 g/mol. The maximum atomic E-state index is 13.3. The second kappa shape index (κ2) is 8.62. The number of esters is 1. The molecule has 6 nitrogen and oxygen atoms in total. The molecule has 0 fully saturated rings. The van der Waals surface area contributed by atoms with E-state index in [1.54, 1.807) is 20.3 Å².